The van der Waals surface area contributed by atoms with E-state index in [2.05, 4.69) is 91.0 Å². The molecule has 2 aliphatic rings. The summed E-state index contributed by atoms with van der Waals surface area (Å²) in [7, 11) is -0.0146. The van der Waals surface area contributed by atoms with Crippen molar-refractivity contribution in [3.63, 3.8) is 0 Å². The lowest BCUT2D eigenvalue weighted by molar-refractivity contribution is -0.328. The lowest BCUT2D eigenvalue weighted by Crippen LogP contribution is -2.54. The largest absolute Gasteiger partial charge is 0.546 e. The molecule has 4 nitrogen and oxygen atoms in total. The fraction of sp³-hybridized carbons (Fsp3) is 0.286. The maximum Gasteiger partial charge on any atom is 0.313 e. The molecule has 1 saturated carbocycles. The summed E-state index contributed by atoms with van der Waals surface area (Å²) in [5, 5.41) is 11.1. The van der Waals surface area contributed by atoms with E-state index in [-0.39, 0.29) is 10.9 Å². The number of fused-ring (bicyclic) bond motifs is 2. The van der Waals surface area contributed by atoms with Crippen LogP contribution in [0.4, 0.5) is 0 Å². The van der Waals surface area contributed by atoms with Crippen molar-refractivity contribution in [1.29, 1.82) is 0 Å². The fourth-order valence-electron chi connectivity index (χ4n) is 4.78. The van der Waals surface area contributed by atoms with Crippen molar-refractivity contribution in [2.45, 2.75) is 53.9 Å². The Morgan fingerprint density at radius 1 is 0.758 bits per heavy atom. The van der Waals surface area contributed by atoms with Crippen LogP contribution < -0.4 is 5.11 Å². The Balaban J connectivity index is 0.000000165. The Morgan fingerprint density at radius 2 is 1.15 bits per heavy atom. The Morgan fingerprint density at radius 3 is 1.39 bits per heavy atom. The first kappa shape index (κ1) is 23.1. The number of esters is 1. The first-order valence-corrected chi connectivity index (χ1v) is 12.3. The van der Waals surface area contributed by atoms with Gasteiger partial charge < -0.3 is 14.6 Å². The number of hydrogen-bond donors (Lipinski definition) is 0. The van der Waals surface area contributed by atoms with Crippen LogP contribution in [0.25, 0.3) is 0 Å². The number of carbonyl (C=O) groups is 2. The average Bonchev–Trinajstić information content (AvgIpc) is 3.12. The maximum atomic E-state index is 11.6. The lowest BCUT2D eigenvalue weighted by Gasteiger charge is -2.37. The molecule has 3 aromatic rings. The van der Waals surface area contributed by atoms with Gasteiger partial charge in [0.05, 0.1) is 22.3 Å². The Labute approximate surface area is 198 Å². The second-order valence-corrected chi connectivity index (χ2v) is 11.2. The van der Waals surface area contributed by atoms with Crippen LogP contribution in [0.1, 0.15) is 33.6 Å². The third kappa shape index (κ3) is 3.74. The Bertz CT molecular complexity index is 1040. The van der Waals surface area contributed by atoms with Crippen LogP contribution in [-0.2, 0) is 25.2 Å². The van der Waals surface area contributed by atoms with Crippen molar-refractivity contribution in [1.82, 2.24) is 0 Å². The second-order valence-electron chi connectivity index (χ2n) is 9.21. The van der Waals surface area contributed by atoms with E-state index in [9.17, 15) is 14.7 Å². The average molecular weight is 461 g/mol. The molecule has 3 aromatic carbocycles. The van der Waals surface area contributed by atoms with Gasteiger partial charge in [0.15, 0.2) is 20.3 Å². The van der Waals surface area contributed by atoms with Crippen LogP contribution in [-0.4, -0.2) is 17.5 Å². The SMILES string of the molecule is CC12CCC(C(=O)[O-])(OC1=O)C2(C)C.c1ccc([S+](c2ccccc2)c2ccccc2)cc1. The molecule has 0 N–H and O–H groups in total. The minimum atomic E-state index is -1.40. The smallest absolute Gasteiger partial charge is 0.313 e. The van der Waals surface area contributed by atoms with Gasteiger partial charge in [-0.15, -0.1) is 0 Å². The fourth-order valence-corrected chi connectivity index (χ4v) is 6.88. The van der Waals surface area contributed by atoms with Gasteiger partial charge >= 0.3 is 5.97 Å². The number of rotatable bonds is 4. The molecular weight excluding hydrogens is 432 g/mol. The highest BCUT2D eigenvalue weighted by Crippen LogP contribution is 2.65. The number of carboxylic acid groups (broad SMARTS) is 1. The molecule has 1 aliphatic heterocycles. The third-order valence-electron chi connectivity index (χ3n) is 7.35. The zero-order chi connectivity index (χ0) is 23.7. The predicted octanol–water partition coefficient (Wildman–Crippen LogP) is 4.64. The number of benzene rings is 3. The van der Waals surface area contributed by atoms with E-state index in [1.165, 1.54) is 14.7 Å². The molecule has 1 aliphatic carbocycles. The van der Waals surface area contributed by atoms with E-state index < -0.39 is 28.4 Å². The standard InChI is InChI=1S/C18H15S.C10H14O4/c1-4-10-16(11-5-1)19(17-12-6-2-7-13-17)18-14-8-3-9-15-18;1-8(2)9(3)4-5-10(8,6(11)12)14-7(9)13/h1-15H;4-5H2,1-3H3,(H,11,12)/q+1;/p-1. The van der Waals surface area contributed by atoms with Crippen LogP contribution in [0.2, 0.25) is 0 Å². The zero-order valence-corrected chi connectivity index (χ0v) is 19.9. The molecule has 5 rings (SSSR count). The van der Waals surface area contributed by atoms with Gasteiger partial charge in [-0.3, -0.25) is 4.79 Å². The van der Waals surface area contributed by atoms with Gasteiger partial charge in [0.1, 0.15) is 0 Å². The van der Waals surface area contributed by atoms with E-state index in [1.54, 1.807) is 20.8 Å². The second kappa shape index (κ2) is 8.71. The summed E-state index contributed by atoms with van der Waals surface area (Å²) in [5.74, 6) is -1.67. The van der Waals surface area contributed by atoms with Gasteiger partial charge in [-0.2, -0.15) is 0 Å². The first-order chi connectivity index (χ1) is 15.7. The summed E-state index contributed by atoms with van der Waals surface area (Å²) in [6.45, 7) is 5.30. The van der Waals surface area contributed by atoms with Gasteiger partial charge in [-0.1, -0.05) is 68.4 Å². The van der Waals surface area contributed by atoms with Crippen molar-refractivity contribution < 1.29 is 19.4 Å². The van der Waals surface area contributed by atoms with E-state index in [4.69, 9.17) is 4.74 Å². The Hall–Kier alpha value is -3.05. The molecule has 33 heavy (non-hydrogen) atoms. The predicted molar refractivity (Wildman–Crippen MR) is 126 cm³/mol. The highest BCUT2D eigenvalue weighted by molar-refractivity contribution is 7.97. The normalized spacial score (nSPS) is 24.7. The monoisotopic (exact) mass is 460 g/mol. The molecule has 2 unspecified atom stereocenters. The van der Waals surface area contributed by atoms with E-state index >= 15 is 0 Å². The topological polar surface area (TPSA) is 66.4 Å². The number of aliphatic carboxylic acids is 1. The minimum Gasteiger partial charge on any atom is -0.546 e. The van der Waals surface area contributed by atoms with Gasteiger partial charge in [-0.05, 0) is 56.2 Å². The lowest BCUT2D eigenvalue weighted by atomic mass is 9.66. The molecule has 170 valence electrons. The van der Waals surface area contributed by atoms with E-state index in [0.29, 0.717) is 12.8 Å². The molecule has 0 amide bonds. The molecule has 0 radical (unpaired) electrons. The first-order valence-electron chi connectivity index (χ1n) is 11.1. The molecule has 2 fully saturated rings. The number of hydrogen-bond acceptors (Lipinski definition) is 4. The molecular formula is C28H28O4S. The van der Waals surface area contributed by atoms with Gasteiger partial charge in [0.2, 0.25) is 0 Å². The Kier molecular flexibility index (Phi) is 6.10. The molecule has 2 atom stereocenters. The summed E-state index contributed by atoms with van der Waals surface area (Å²) in [5.41, 5.74) is -2.76. The number of carbonyl (C=O) groups excluding carboxylic acids is 2. The molecule has 1 saturated heterocycles. The highest BCUT2D eigenvalue weighted by Gasteiger charge is 2.73. The van der Waals surface area contributed by atoms with Crippen molar-refractivity contribution >= 4 is 22.8 Å². The van der Waals surface area contributed by atoms with E-state index in [0.717, 1.165) is 0 Å². The molecule has 2 bridgehead atoms. The molecule has 0 spiro atoms. The molecule has 5 heteroatoms. The van der Waals surface area contributed by atoms with Gasteiger partial charge in [0, 0.05) is 5.41 Å². The van der Waals surface area contributed by atoms with Crippen LogP contribution in [0, 0.1) is 10.8 Å². The van der Waals surface area contributed by atoms with Crippen LogP contribution in [0.5, 0.6) is 0 Å². The van der Waals surface area contributed by atoms with Crippen molar-refractivity contribution in [3.05, 3.63) is 91.0 Å². The zero-order valence-electron chi connectivity index (χ0n) is 19.1. The maximum absolute atomic E-state index is 11.6. The summed E-state index contributed by atoms with van der Waals surface area (Å²) < 4.78 is 5.03. The summed E-state index contributed by atoms with van der Waals surface area (Å²) in [4.78, 5) is 26.7. The highest BCUT2D eigenvalue weighted by atomic mass is 32.2. The summed E-state index contributed by atoms with van der Waals surface area (Å²) >= 11 is 0. The van der Waals surface area contributed by atoms with Crippen molar-refractivity contribution in [2.75, 3.05) is 0 Å². The molecule has 1 heterocycles. The number of carboxylic acids is 1. The summed E-state index contributed by atoms with van der Waals surface area (Å²) in [6, 6.07) is 32.2. The summed E-state index contributed by atoms with van der Waals surface area (Å²) in [6.07, 6.45) is 0.928. The van der Waals surface area contributed by atoms with Crippen molar-refractivity contribution in [3.8, 4) is 0 Å². The van der Waals surface area contributed by atoms with Crippen LogP contribution >= 0.6 is 0 Å². The minimum absolute atomic E-state index is 0.0146. The number of ether oxygens (including phenoxy) is 1. The van der Waals surface area contributed by atoms with Crippen LogP contribution in [0.3, 0.4) is 0 Å². The third-order valence-corrected chi connectivity index (χ3v) is 9.58. The quantitative estimate of drug-likeness (QED) is 0.420. The van der Waals surface area contributed by atoms with E-state index in [1.807, 2.05) is 0 Å². The van der Waals surface area contributed by atoms with Crippen LogP contribution in [0.15, 0.2) is 106 Å². The molecule has 0 aromatic heterocycles. The van der Waals surface area contributed by atoms with Gasteiger partial charge in [0.25, 0.3) is 0 Å². The van der Waals surface area contributed by atoms with Gasteiger partial charge in [-0.25, -0.2) is 0 Å². The van der Waals surface area contributed by atoms with Crippen molar-refractivity contribution in [2.24, 2.45) is 10.8 Å².